The van der Waals surface area contributed by atoms with Crippen molar-refractivity contribution in [1.82, 2.24) is 20.2 Å². The lowest BCUT2D eigenvalue weighted by Crippen LogP contribution is -2.09. The molecule has 0 unspecified atom stereocenters. The van der Waals surface area contributed by atoms with Gasteiger partial charge in [0.2, 0.25) is 0 Å². The van der Waals surface area contributed by atoms with E-state index in [9.17, 15) is 0 Å². The van der Waals surface area contributed by atoms with E-state index in [-0.39, 0.29) is 6.01 Å². The summed E-state index contributed by atoms with van der Waals surface area (Å²) in [4.78, 5) is 8.69. The van der Waals surface area contributed by atoms with Crippen LogP contribution in [0.3, 0.4) is 0 Å². The van der Waals surface area contributed by atoms with Gasteiger partial charge in [-0.1, -0.05) is 12.1 Å². The standard InChI is InChI=1S/C16H19N5O3/c1-22-7-8-24-16-19-14(13-10-18-21-15(13)20-16)17-9-11-3-5-12(23-2)6-4-11/h3-6,10H,7-9H2,1-2H3,(H2,17,18,19,20,21). The van der Waals surface area contributed by atoms with Crippen LogP contribution in [-0.2, 0) is 11.3 Å². The summed E-state index contributed by atoms with van der Waals surface area (Å²) < 4.78 is 15.6. The topological polar surface area (TPSA) is 94.2 Å². The van der Waals surface area contributed by atoms with Gasteiger partial charge in [-0.25, -0.2) is 0 Å². The first-order valence-electron chi connectivity index (χ1n) is 7.50. The SMILES string of the molecule is COCCOc1nc(NCc2ccc(OC)cc2)c2cn[nH]c2n1. The van der Waals surface area contributed by atoms with Gasteiger partial charge >= 0.3 is 6.01 Å². The van der Waals surface area contributed by atoms with Crippen LogP contribution >= 0.6 is 0 Å². The van der Waals surface area contributed by atoms with Gasteiger partial charge in [0, 0.05) is 13.7 Å². The molecule has 1 aromatic carbocycles. The number of nitrogens with zero attached hydrogens (tertiary/aromatic N) is 3. The molecule has 2 aromatic heterocycles. The van der Waals surface area contributed by atoms with Crippen LogP contribution in [0.5, 0.6) is 11.8 Å². The molecule has 0 spiro atoms. The van der Waals surface area contributed by atoms with Crippen LogP contribution in [0.4, 0.5) is 5.82 Å². The molecule has 0 aliphatic carbocycles. The zero-order valence-corrected chi connectivity index (χ0v) is 13.6. The molecule has 8 heteroatoms. The lowest BCUT2D eigenvalue weighted by Gasteiger charge is -2.09. The predicted molar refractivity (Wildman–Crippen MR) is 89.4 cm³/mol. The minimum absolute atomic E-state index is 0.279. The number of benzene rings is 1. The fraction of sp³-hybridized carbons (Fsp3) is 0.312. The monoisotopic (exact) mass is 329 g/mol. The average Bonchev–Trinajstić information content (AvgIpc) is 3.09. The van der Waals surface area contributed by atoms with Crippen molar-refractivity contribution in [2.45, 2.75) is 6.54 Å². The summed E-state index contributed by atoms with van der Waals surface area (Å²) in [7, 11) is 3.26. The van der Waals surface area contributed by atoms with E-state index in [0.29, 0.717) is 31.2 Å². The molecular weight excluding hydrogens is 310 g/mol. The Morgan fingerprint density at radius 3 is 2.67 bits per heavy atom. The second-order valence-corrected chi connectivity index (χ2v) is 5.03. The molecule has 2 heterocycles. The van der Waals surface area contributed by atoms with Crippen LogP contribution in [0, 0.1) is 0 Å². The normalized spacial score (nSPS) is 10.8. The second-order valence-electron chi connectivity index (χ2n) is 5.03. The Balaban J connectivity index is 1.75. The number of nitrogens with one attached hydrogen (secondary N) is 2. The molecule has 0 bridgehead atoms. The number of fused-ring (bicyclic) bond motifs is 1. The van der Waals surface area contributed by atoms with E-state index in [1.807, 2.05) is 24.3 Å². The van der Waals surface area contributed by atoms with Gasteiger partial charge in [-0.15, -0.1) is 0 Å². The van der Waals surface area contributed by atoms with E-state index in [2.05, 4.69) is 25.5 Å². The predicted octanol–water partition coefficient (Wildman–Crippen LogP) is 2.00. The number of methoxy groups -OCH3 is 2. The van der Waals surface area contributed by atoms with Gasteiger partial charge < -0.3 is 19.5 Å². The molecule has 24 heavy (non-hydrogen) atoms. The quantitative estimate of drug-likeness (QED) is 0.610. The van der Waals surface area contributed by atoms with Crippen molar-refractivity contribution in [3.05, 3.63) is 36.0 Å². The maximum Gasteiger partial charge on any atom is 0.320 e. The van der Waals surface area contributed by atoms with Crippen LogP contribution in [-0.4, -0.2) is 47.6 Å². The highest BCUT2D eigenvalue weighted by Gasteiger charge is 2.10. The van der Waals surface area contributed by atoms with Gasteiger partial charge in [-0.3, -0.25) is 5.10 Å². The highest BCUT2D eigenvalue weighted by atomic mass is 16.5. The summed E-state index contributed by atoms with van der Waals surface area (Å²) in [6, 6.07) is 8.11. The summed E-state index contributed by atoms with van der Waals surface area (Å²) >= 11 is 0. The van der Waals surface area contributed by atoms with Crippen molar-refractivity contribution < 1.29 is 14.2 Å². The molecule has 0 aliphatic rings. The molecule has 0 aliphatic heterocycles. The smallest absolute Gasteiger partial charge is 0.320 e. The maximum atomic E-state index is 5.50. The van der Waals surface area contributed by atoms with E-state index in [0.717, 1.165) is 16.7 Å². The maximum absolute atomic E-state index is 5.50. The van der Waals surface area contributed by atoms with Crippen molar-refractivity contribution in [2.75, 3.05) is 32.8 Å². The fourth-order valence-electron chi connectivity index (χ4n) is 2.16. The van der Waals surface area contributed by atoms with Crippen molar-refractivity contribution in [3.63, 3.8) is 0 Å². The van der Waals surface area contributed by atoms with E-state index in [4.69, 9.17) is 14.2 Å². The number of hydrogen-bond donors (Lipinski definition) is 2. The number of anilines is 1. The Hall–Kier alpha value is -2.87. The number of ether oxygens (including phenoxy) is 3. The van der Waals surface area contributed by atoms with E-state index < -0.39 is 0 Å². The Morgan fingerprint density at radius 2 is 1.92 bits per heavy atom. The molecule has 0 fully saturated rings. The summed E-state index contributed by atoms with van der Waals surface area (Å²) in [5.74, 6) is 1.49. The molecule has 0 saturated heterocycles. The first-order chi connectivity index (χ1) is 11.8. The van der Waals surface area contributed by atoms with Crippen molar-refractivity contribution in [2.24, 2.45) is 0 Å². The summed E-state index contributed by atoms with van der Waals surface area (Å²) in [5.41, 5.74) is 1.72. The molecule has 3 rings (SSSR count). The first-order valence-corrected chi connectivity index (χ1v) is 7.50. The Morgan fingerprint density at radius 1 is 1.08 bits per heavy atom. The highest BCUT2D eigenvalue weighted by Crippen LogP contribution is 2.22. The number of aromatic amines is 1. The molecule has 0 saturated carbocycles. The number of aromatic nitrogens is 4. The van der Waals surface area contributed by atoms with Gasteiger partial charge in [0.15, 0.2) is 5.65 Å². The van der Waals surface area contributed by atoms with Crippen LogP contribution in [0.2, 0.25) is 0 Å². The van der Waals surface area contributed by atoms with Gasteiger partial charge in [0.1, 0.15) is 18.2 Å². The highest BCUT2D eigenvalue weighted by molar-refractivity contribution is 5.86. The third kappa shape index (κ3) is 3.72. The van der Waals surface area contributed by atoms with Gasteiger partial charge in [0.25, 0.3) is 0 Å². The lowest BCUT2D eigenvalue weighted by atomic mass is 10.2. The van der Waals surface area contributed by atoms with Crippen LogP contribution in [0.15, 0.2) is 30.5 Å². The van der Waals surface area contributed by atoms with Crippen LogP contribution < -0.4 is 14.8 Å². The van der Waals surface area contributed by atoms with Gasteiger partial charge in [0.05, 0.1) is 25.3 Å². The molecule has 2 N–H and O–H groups in total. The molecule has 0 amide bonds. The molecule has 126 valence electrons. The number of rotatable bonds is 8. The Labute approximate surface area is 139 Å². The van der Waals surface area contributed by atoms with E-state index >= 15 is 0 Å². The minimum Gasteiger partial charge on any atom is -0.497 e. The van der Waals surface area contributed by atoms with Crippen molar-refractivity contribution in [3.8, 4) is 11.8 Å². The first kappa shape index (κ1) is 16.0. The van der Waals surface area contributed by atoms with Crippen molar-refractivity contribution in [1.29, 1.82) is 0 Å². The molecular formula is C16H19N5O3. The third-order valence-electron chi connectivity index (χ3n) is 3.43. The second kappa shape index (κ2) is 7.60. The zero-order chi connectivity index (χ0) is 16.8. The number of H-pyrrole nitrogens is 1. The number of hydrogen-bond acceptors (Lipinski definition) is 7. The van der Waals surface area contributed by atoms with Gasteiger partial charge in [-0.2, -0.15) is 15.1 Å². The zero-order valence-electron chi connectivity index (χ0n) is 13.6. The Kier molecular flexibility index (Phi) is 5.07. The Bertz CT molecular complexity index is 788. The molecule has 3 aromatic rings. The molecule has 0 radical (unpaired) electrons. The summed E-state index contributed by atoms with van der Waals surface area (Å²) in [6.07, 6.45) is 1.69. The summed E-state index contributed by atoms with van der Waals surface area (Å²) in [6.45, 7) is 1.46. The lowest BCUT2D eigenvalue weighted by molar-refractivity contribution is 0.141. The summed E-state index contributed by atoms with van der Waals surface area (Å²) in [5, 5.41) is 11.0. The van der Waals surface area contributed by atoms with E-state index in [1.165, 1.54) is 0 Å². The molecule has 0 atom stereocenters. The fourth-order valence-corrected chi connectivity index (χ4v) is 2.16. The minimum atomic E-state index is 0.279. The third-order valence-corrected chi connectivity index (χ3v) is 3.43. The van der Waals surface area contributed by atoms with Gasteiger partial charge in [-0.05, 0) is 17.7 Å². The van der Waals surface area contributed by atoms with Crippen LogP contribution in [0.1, 0.15) is 5.56 Å². The largest absolute Gasteiger partial charge is 0.497 e. The van der Waals surface area contributed by atoms with Crippen molar-refractivity contribution >= 4 is 16.9 Å². The van der Waals surface area contributed by atoms with E-state index in [1.54, 1.807) is 20.4 Å². The average molecular weight is 329 g/mol. The molecule has 8 nitrogen and oxygen atoms in total. The van der Waals surface area contributed by atoms with Crippen LogP contribution in [0.25, 0.3) is 11.0 Å².